The van der Waals surface area contributed by atoms with E-state index < -0.39 is 5.97 Å². The zero-order valence-corrected chi connectivity index (χ0v) is 12.4. The largest absolute Gasteiger partial charge is 0.478 e. The van der Waals surface area contributed by atoms with Gasteiger partial charge >= 0.3 is 5.97 Å². The summed E-state index contributed by atoms with van der Waals surface area (Å²) < 4.78 is 0. The minimum Gasteiger partial charge on any atom is -0.478 e. The first-order valence-electron chi connectivity index (χ1n) is 6.81. The zero-order chi connectivity index (χ0) is 14.5. The first kappa shape index (κ1) is 14.8. The standard InChI is InChI=1S/C15H19NO3S/c1-16(9-11-4-2-3-5-11)15(19)12-8-13(20-10-12)6-7-14(17)18/h6-8,10-11H,2-5,9H2,1H3,(H,17,18). The van der Waals surface area contributed by atoms with Crippen molar-refractivity contribution < 1.29 is 14.7 Å². The molecule has 1 aromatic rings. The smallest absolute Gasteiger partial charge is 0.328 e. The molecular formula is C15H19NO3S. The van der Waals surface area contributed by atoms with Crippen molar-refractivity contribution in [3.63, 3.8) is 0 Å². The van der Waals surface area contributed by atoms with E-state index in [4.69, 9.17) is 5.11 Å². The molecule has 5 heteroatoms. The van der Waals surface area contributed by atoms with Crippen molar-refractivity contribution in [2.75, 3.05) is 13.6 Å². The Morgan fingerprint density at radius 1 is 1.45 bits per heavy atom. The van der Waals surface area contributed by atoms with Crippen molar-refractivity contribution in [3.05, 3.63) is 28.0 Å². The first-order valence-corrected chi connectivity index (χ1v) is 7.69. The van der Waals surface area contributed by atoms with Gasteiger partial charge in [-0.1, -0.05) is 12.8 Å². The molecule has 2 rings (SSSR count). The average molecular weight is 293 g/mol. The molecule has 0 unspecified atom stereocenters. The van der Waals surface area contributed by atoms with Crippen molar-refractivity contribution in [1.29, 1.82) is 0 Å². The monoisotopic (exact) mass is 293 g/mol. The number of nitrogens with zero attached hydrogens (tertiary/aromatic N) is 1. The van der Waals surface area contributed by atoms with Gasteiger partial charge in [0.25, 0.3) is 5.91 Å². The van der Waals surface area contributed by atoms with E-state index in [1.807, 2.05) is 7.05 Å². The summed E-state index contributed by atoms with van der Waals surface area (Å²) in [5.41, 5.74) is 0.639. The van der Waals surface area contributed by atoms with Crippen LogP contribution < -0.4 is 0 Å². The second kappa shape index (κ2) is 6.70. The van der Waals surface area contributed by atoms with Gasteiger partial charge in [-0.2, -0.15) is 0 Å². The average Bonchev–Trinajstić information content (AvgIpc) is 3.06. The van der Waals surface area contributed by atoms with Gasteiger partial charge in [0.15, 0.2) is 0 Å². The number of aliphatic carboxylic acids is 1. The summed E-state index contributed by atoms with van der Waals surface area (Å²) in [4.78, 5) is 25.3. The fourth-order valence-corrected chi connectivity index (χ4v) is 3.36. The van der Waals surface area contributed by atoms with Crippen LogP contribution in [0, 0.1) is 5.92 Å². The maximum absolute atomic E-state index is 12.3. The highest BCUT2D eigenvalue weighted by Crippen LogP contribution is 2.26. The zero-order valence-electron chi connectivity index (χ0n) is 11.5. The van der Waals surface area contributed by atoms with Gasteiger partial charge in [0.2, 0.25) is 0 Å². The predicted molar refractivity (Wildman–Crippen MR) is 79.9 cm³/mol. The quantitative estimate of drug-likeness (QED) is 0.849. The van der Waals surface area contributed by atoms with E-state index in [0.29, 0.717) is 11.5 Å². The molecule has 0 atom stereocenters. The fraction of sp³-hybridized carbons (Fsp3) is 0.467. The van der Waals surface area contributed by atoms with E-state index in [1.54, 1.807) is 16.3 Å². The molecule has 0 aliphatic heterocycles. The molecule has 1 heterocycles. The van der Waals surface area contributed by atoms with Crippen molar-refractivity contribution >= 4 is 29.3 Å². The molecule has 108 valence electrons. The summed E-state index contributed by atoms with van der Waals surface area (Å²) in [7, 11) is 1.84. The molecule has 20 heavy (non-hydrogen) atoms. The van der Waals surface area contributed by atoms with E-state index in [-0.39, 0.29) is 5.91 Å². The number of hydrogen-bond acceptors (Lipinski definition) is 3. The Kier molecular flexibility index (Phi) is 4.95. The number of carboxylic acids is 1. The molecule has 1 amide bonds. The third-order valence-electron chi connectivity index (χ3n) is 3.61. The molecule has 1 N–H and O–H groups in total. The van der Waals surface area contributed by atoms with Gasteiger partial charge in [-0.3, -0.25) is 4.79 Å². The maximum Gasteiger partial charge on any atom is 0.328 e. The van der Waals surface area contributed by atoms with Gasteiger partial charge in [0, 0.05) is 29.9 Å². The topological polar surface area (TPSA) is 57.6 Å². The predicted octanol–water partition coefficient (Wildman–Crippen LogP) is 3.11. The second-order valence-corrected chi connectivity index (χ2v) is 6.19. The Morgan fingerprint density at radius 2 is 2.15 bits per heavy atom. The summed E-state index contributed by atoms with van der Waals surface area (Å²) in [6.45, 7) is 0.814. The lowest BCUT2D eigenvalue weighted by molar-refractivity contribution is -0.131. The summed E-state index contributed by atoms with van der Waals surface area (Å²) in [6.07, 6.45) is 7.58. The molecule has 0 aromatic carbocycles. The lowest BCUT2D eigenvalue weighted by atomic mass is 10.1. The van der Waals surface area contributed by atoms with E-state index in [0.717, 1.165) is 17.5 Å². The van der Waals surface area contributed by atoms with Gasteiger partial charge in [-0.25, -0.2) is 4.79 Å². The molecule has 1 aliphatic rings. The number of amides is 1. The molecule has 1 aliphatic carbocycles. The summed E-state index contributed by atoms with van der Waals surface area (Å²) in [5.74, 6) is -0.332. The molecule has 1 aromatic heterocycles. The number of thiophene rings is 1. The minimum atomic E-state index is -0.982. The third kappa shape index (κ3) is 3.93. The fourth-order valence-electron chi connectivity index (χ4n) is 2.59. The number of hydrogen-bond donors (Lipinski definition) is 1. The highest BCUT2D eigenvalue weighted by molar-refractivity contribution is 7.11. The van der Waals surface area contributed by atoms with Gasteiger partial charge < -0.3 is 10.0 Å². The van der Waals surface area contributed by atoms with E-state index in [1.165, 1.54) is 43.1 Å². The van der Waals surface area contributed by atoms with Crippen LogP contribution in [0.3, 0.4) is 0 Å². The van der Waals surface area contributed by atoms with Crippen LogP contribution in [0.1, 0.15) is 40.9 Å². The summed E-state index contributed by atoms with van der Waals surface area (Å²) in [5, 5.41) is 10.4. The minimum absolute atomic E-state index is 0.0168. The molecule has 0 saturated heterocycles. The number of rotatable bonds is 5. The van der Waals surface area contributed by atoms with Crippen molar-refractivity contribution in [2.45, 2.75) is 25.7 Å². The van der Waals surface area contributed by atoms with Crippen LogP contribution in [0.25, 0.3) is 6.08 Å². The highest BCUT2D eigenvalue weighted by atomic mass is 32.1. The van der Waals surface area contributed by atoms with Crippen LogP contribution >= 0.6 is 11.3 Å². The van der Waals surface area contributed by atoms with Gasteiger partial charge in [-0.15, -0.1) is 11.3 Å². The molecule has 0 spiro atoms. The Bertz CT molecular complexity index is 515. The van der Waals surface area contributed by atoms with Gasteiger partial charge in [-0.05, 0) is 30.9 Å². The lowest BCUT2D eigenvalue weighted by Gasteiger charge is -2.20. The van der Waals surface area contributed by atoms with Crippen molar-refractivity contribution in [1.82, 2.24) is 4.90 Å². The van der Waals surface area contributed by atoms with Gasteiger partial charge in [0.1, 0.15) is 0 Å². The highest BCUT2D eigenvalue weighted by Gasteiger charge is 2.20. The van der Waals surface area contributed by atoms with Crippen LogP contribution in [0.4, 0.5) is 0 Å². The maximum atomic E-state index is 12.3. The normalized spacial score (nSPS) is 15.8. The van der Waals surface area contributed by atoms with E-state index in [2.05, 4.69) is 0 Å². The summed E-state index contributed by atoms with van der Waals surface area (Å²) in [6, 6.07) is 1.75. The first-order chi connectivity index (χ1) is 9.56. The Morgan fingerprint density at radius 3 is 2.80 bits per heavy atom. The SMILES string of the molecule is CN(CC1CCCC1)C(=O)c1csc(C=CC(=O)O)c1. The Hall–Kier alpha value is -1.62. The van der Waals surface area contributed by atoms with Crippen LogP contribution in [-0.2, 0) is 4.79 Å². The number of carboxylic acid groups (broad SMARTS) is 1. The molecule has 0 radical (unpaired) electrons. The second-order valence-electron chi connectivity index (χ2n) is 5.25. The molecular weight excluding hydrogens is 274 g/mol. The van der Waals surface area contributed by atoms with E-state index in [9.17, 15) is 9.59 Å². The number of carbonyl (C=O) groups is 2. The van der Waals surface area contributed by atoms with Gasteiger partial charge in [0.05, 0.1) is 5.56 Å². The molecule has 0 bridgehead atoms. The van der Waals surface area contributed by atoms with Crippen LogP contribution in [-0.4, -0.2) is 35.5 Å². The summed E-state index contributed by atoms with van der Waals surface area (Å²) >= 11 is 1.38. The molecule has 1 fully saturated rings. The molecule has 4 nitrogen and oxygen atoms in total. The Labute approximate surface area is 122 Å². The number of carbonyl (C=O) groups excluding carboxylic acids is 1. The van der Waals surface area contributed by atoms with Crippen LogP contribution in [0.15, 0.2) is 17.5 Å². The molecule has 1 saturated carbocycles. The van der Waals surface area contributed by atoms with Crippen molar-refractivity contribution in [3.8, 4) is 0 Å². The van der Waals surface area contributed by atoms with Crippen LogP contribution in [0.5, 0.6) is 0 Å². The van der Waals surface area contributed by atoms with E-state index >= 15 is 0 Å². The third-order valence-corrected chi connectivity index (χ3v) is 4.51. The van der Waals surface area contributed by atoms with Crippen molar-refractivity contribution in [2.24, 2.45) is 5.92 Å². The lowest BCUT2D eigenvalue weighted by Crippen LogP contribution is -2.30. The van der Waals surface area contributed by atoms with Crippen LogP contribution in [0.2, 0.25) is 0 Å². The Balaban J connectivity index is 1.96.